The lowest BCUT2D eigenvalue weighted by Crippen LogP contribution is -2.47. The molecule has 1 atom stereocenters. The van der Waals surface area contributed by atoms with E-state index in [1.54, 1.807) is 0 Å². The molecule has 2 heterocycles. The second-order valence-corrected chi connectivity index (χ2v) is 6.48. The van der Waals surface area contributed by atoms with Gasteiger partial charge in [-0.25, -0.2) is 4.79 Å². The summed E-state index contributed by atoms with van der Waals surface area (Å²) in [6.45, 7) is 4.92. The number of carbonyl (C=O) groups excluding carboxylic acids is 1. The van der Waals surface area contributed by atoms with Crippen LogP contribution in [0.5, 0.6) is 0 Å². The van der Waals surface area contributed by atoms with E-state index in [4.69, 9.17) is 4.74 Å². The van der Waals surface area contributed by atoms with Crippen molar-refractivity contribution < 1.29 is 9.53 Å². The summed E-state index contributed by atoms with van der Waals surface area (Å²) < 4.78 is 6.87. The van der Waals surface area contributed by atoms with Gasteiger partial charge in [-0.1, -0.05) is 30.3 Å². The van der Waals surface area contributed by atoms with E-state index in [0.717, 1.165) is 43.7 Å². The monoisotopic (exact) mass is 342 g/mol. The highest BCUT2D eigenvalue weighted by atomic mass is 16.5. The minimum Gasteiger partial charge on any atom is -0.450 e. The Morgan fingerprint density at radius 2 is 2.16 bits per heavy atom. The van der Waals surface area contributed by atoms with E-state index in [1.807, 2.05) is 36.9 Å². The Morgan fingerprint density at radius 1 is 1.36 bits per heavy atom. The second-order valence-electron chi connectivity index (χ2n) is 6.48. The van der Waals surface area contributed by atoms with Gasteiger partial charge in [-0.05, 0) is 26.3 Å². The molecule has 6 nitrogen and oxygen atoms in total. The van der Waals surface area contributed by atoms with Crippen LogP contribution in [0.25, 0.3) is 11.3 Å². The molecular weight excluding hydrogens is 316 g/mol. The zero-order chi connectivity index (χ0) is 17.6. The predicted octanol–water partition coefficient (Wildman–Crippen LogP) is 2.80. The summed E-state index contributed by atoms with van der Waals surface area (Å²) >= 11 is 0. The van der Waals surface area contributed by atoms with E-state index in [-0.39, 0.29) is 12.1 Å². The lowest BCUT2D eigenvalue weighted by Gasteiger charge is -2.32. The third-order valence-corrected chi connectivity index (χ3v) is 4.45. The van der Waals surface area contributed by atoms with Crippen molar-refractivity contribution in [2.45, 2.75) is 32.4 Å². The molecule has 0 aliphatic carbocycles. The zero-order valence-electron chi connectivity index (χ0n) is 14.9. The van der Waals surface area contributed by atoms with Gasteiger partial charge in [0.15, 0.2) is 0 Å². The van der Waals surface area contributed by atoms with E-state index >= 15 is 0 Å². The number of hydrogen-bond acceptors (Lipinski definition) is 4. The average Bonchev–Trinajstić information content (AvgIpc) is 2.96. The van der Waals surface area contributed by atoms with E-state index in [9.17, 15) is 4.79 Å². The van der Waals surface area contributed by atoms with Crippen LogP contribution in [0, 0.1) is 0 Å². The number of amides is 1. The molecule has 1 aromatic carbocycles. The molecule has 25 heavy (non-hydrogen) atoms. The van der Waals surface area contributed by atoms with Gasteiger partial charge in [0.1, 0.15) is 0 Å². The van der Waals surface area contributed by atoms with Crippen LogP contribution >= 0.6 is 0 Å². The van der Waals surface area contributed by atoms with Crippen LogP contribution in [-0.2, 0) is 18.3 Å². The first-order valence-corrected chi connectivity index (χ1v) is 8.89. The second kappa shape index (κ2) is 8.16. The summed E-state index contributed by atoms with van der Waals surface area (Å²) in [4.78, 5) is 14.0. The molecular formula is C19H26N4O2. The van der Waals surface area contributed by atoms with Crippen LogP contribution in [0.1, 0.15) is 25.3 Å². The van der Waals surface area contributed by atoms with Gasteiger partial charge in [0.2, 0.25) is 0 Å². The Balaban J connectivity index is 1.67. The van der Waals surface area contributed by atoms with Crippen molar-refractivity contribution in [1.29, 1.82) is 0 Å². The van der Waals surface area contributed by atoms with Gasteiger partial charge in [-0.3, -0.25) is 9.58 Å². The molecule has 1 aliphatic heterocycles. The van der Waals surface area contributed by atoms with E-state index < -0.39 is 0 Å². The van der Waals surface area contributed by atoms with Gasteiger partial charge in [0, 0.05) is 43.5 Å². The summed E-state index contributed by atoms with van der Waals surface area (Å²) in [5.74, 6) is 0. The maximum Gasteiger partial charge on any atom is 0.407 e. The van der Waals surface area contributed by atoms with Crippen LogP contribution in [0.4, 0.5) is 4.79 Å². The number of likely N-dealkylation sites (tertiary alicyclic amines) is 1. The predicted molar refractivity (Wildman–Crippen MR) is 97.1 cm³/mol. The van der Waals surface area contributed by atoms with Crippen LogP contribution < -0.4 is 5.32 Å². The molecule has 0 unspecified atom stereocenters. The number of nitrogens with one attached hydrogen (secondary N) is 1. The normalized spacial score (nSPS) is 18.1. The van der Waals surface area contributed by atoms with Gasteiger partial charge in [0.05, 0.1) is 12.3 Å². The van der Waals surface area contributed by atoms with E-state index in [0.29, 0.717) is 6.61 Å². The Hall–Kier alpha value is -2.34. The molecule has 0 spiro atoms. The van der Waals surface area contributed by atoms with Crippen LogP contribution in [-0.4, -0.2) is 46.5 Å². The van der Waals surface area contributed by atoms with Crippen LogP contribution in [0.15, 0.2) is 36.5 Å². The largest absolute Gasteiger partial charge is 0.450 e. The summed E-state index contributed by atoms with van der Waals surface area (Å²) in [5, 5.41) is 7.60. The number of aryl methyl sites for hydroxylation is 1. The third kappa shape index (κ3) is 4.60. The number of nitrogens with zero attached hydrogens (tertiary/aromatic N) is 3. The number of carbonyl (C=O) groups is 1. The van der Waals surface area contributed by atoms with E-state index in [2.05, 4.69) is 33.6 Å². The fourth-order valence-electron chi connectivity index (χ4n) is 3.39. The maximum atomic E-state index is 11.7. The highest BCUT2D eigenvalue weighted by molar-refractivity contribution is 5.67. The molecule has 2 aromatic rings. The molecule has 1 N–H and O–H groups in total. The molecule has 1 fully saturated rings. The van der Waals surface area contributed by atoms with Crippen LogP contribution in [0.2, 0.25) is 0 Å². The van der Waals surface area contributed by atoms with E-state index in [1.165, 1.54) is 5.56 Å². The number of hydrogen-bond donors (Lipinski definition) is 1. The van der Waals surface area contributed by atoms with Crippen molar-refractivity contribution in [2.24, 2.45) is 7.05 Å². The zero-order valence-corrected chi connectivity index (χ0v) is 14.9. The lowest BCUT2D eigenvalue weighted by atomic mass is 10.0. The molecule has 1 amide bonds. The van der Waals surface area contributed by atoms with Crippen molar-refractivity contribution >= 4 is 6.09 Å². The van der Waals surface area contributed by atoms with Crippen molar-refractivity contribution in [2.75, 3.05) is 19.7 Å². The average molecular weight is 342 g/mol. The molecule has 0 radical (unpaired) electrons. The topological polar surface area (TPSA) is 59.4 Å². The fourth-order valence-corrected chi connectivity index (χ4v) is 3.39. The molecule has 1 aromatic heterocycles. The Labute approximate surface area is 148 Å². The molecule has 1 saturated heterocycles. The van der Waals surface area contributed by atoms with Crippen molar-refractivity contribution in [3.63, 3.8) is 0 Å². The van der Waals surface area contributed by atoms with Crippen molar-refractivity contribution in [3.05, 3.63) is 42.1 Å². The fraction of sp³-hybridized carbons (Fsp3) is 0.474. The molecule has 3 rings (SSSR count). The van der Waals surface area contributed by atoms with Gasteiger partial charge in [-0.15, -0.1) is 0 Å². The summed E-state index contributed by atoms with van der Waals surface area (Å²) in [6, 6.07) is 10.4. The van der Waals surface area contributed by atoms with Gasteiger partial charge in [0.25, 0.3) is 0 Å². The third-order valence-electron chi connectivity index (χ3n) is 4.45. The first kappa shape index (κ1) is 17.5. The molecule has 1 aliphatic rings. The Morgan fingerprint density at radius 3 is 2.92 bits per heavy atom. The molecule has 134 valence electrons. The first-order valence-electron chi connectivity index (χ1n) is 8.89. The van der Waals surface area contributed by atoms with Crippen LogP contribution in [0.3, 0.4) is 0 Å². The summed E-state index contributed by atoms with van der Waals surface area (Å²) in [6.07, 6.45) is 3.83. The van der Waals surface area contributed by atoms with Gasteiger partial charge in [-0.2, -0.15) is 5.10 Å². The number of aromatic nitrogens is 2. The number of rotatable bonds is 5. The highest BCUT2D eigenvalue weighted by Gasteiger charge is 2.23. The highest BCUT2D eigenvalue weighted by Crippen LogP contribution is 2.24. The van der Waals surface area contributed by atoms with Crippen molar-refractivity contribution in [1.82, 2.24) is 20.0 Å². The molecule has 6 heteroatoms. The maximum absolute atomic E-state index is 11.7. The minimum absolute atomic E-state index is 0.143. The number of alkyl carbamates (subject to hydrolysis) is 1. The first-order chi connectivity index (χ1) is 12.2. The number of ether oxygens (including phenoxy) is 1. The number of piperidine rings is 1. The smallest absolute Gasteiger partial charge is 0.407 e. The minimum atomic E-state index is -0.319. The SMILES string of the molecule is CCOC(=O)N[C@@H]1CCCN(Cc2cn(C)nc2-c2ccccc2)C1. The van der Waals surface area contributed by atoms with Gasteiger partial charge >= 0.3 is 6.09 Å². The lowest BCUT2D eigenvalue weighted by molar-refractivity contribution is 0.132. The summed E-state index contributed by atoms with van der Waals surface area (Å²) in [7, 11) is 1.96. The number of benzene rings is 1. The summed E-state index contributed by atoms with van der Waals surface area (Å²) in [5.41, 5.74) is 3.38. The van der Waals surface area contributed by atoms with Gasteiger partial charge < -0.3 is 10.1 Å². The Bertz CT molecular complexity index is 699. The Kier molecular flexibility index (Phi) is 5.71. The quantitative estimate of drug-likeness (QED) is 0.908. The molecule has 0 saturated carbocycles. The molecule has 0 bridgehead atoms. The standard InChI is InChI=1S/C19H26N4O2/c1-3-25-19(24)20-17-10-7-11-23(14-17)13-16-12-22(2)21-18(16)15-8-5-4-6-9-15/h4-6,8-9,12,17H,3,7,10-11,13-14H2,1-2H3,(H,20,24)/t17-/m1/s1. The van der Waals surface area contributed by atoms with Crippen molar-refractivity contribution in [3.8, 4) is 11.3 Å².